The van der Waals surface area contributed by atoms with Crippen molar-refractivity contribution in [3.8, 4) is 17.2 Å². The number of carbonyl (C=O) groups is 1. The summed E-state index contributed by atoms with van der Waals surface area (Å²) in [4.78, 5) is 14.8. The largest absolute Gasteiger partial charge is 0.493 e. The third kappa shape index (κ3) is 4.41. The van der Waals surface area contributed by atoms with E-state index in [0.29, 0.717) is 24.5 Å². The van der Waals surface area contributed by atoms with Crippen molar-refractivity contribution >= 4 is 5.91 Å². The van der Waals surface area contributed by atoms with E-state index in [0.717, 1.165) is 36.3 Å². The molecule has 0 spiro atoms. The van der Waals surface area contributed by atoms with Gasteiger partial charge in [-0.1, -0.05) is 23.8 Å². The van der Waals surface area contributed by atoms with Crippen molar-refractivity contribution in [2.75, 3.05) is 27.4 Å². The van der Waals surface area contributed by atoms with Gasteiger partial charge in [0.1, 0.15) is 5.75 Å². The summed E-state index contributed by atoms with van der Waals surface area (Å²) in [6.07, 6.45) is 2.33. The van der Waals surface area contributed by atoms with Crippen LogP contribution < -0.4 is 14.2 Å². The van der Waals surface area contributed by atoms with Crippen LogP contribution in [0.4, 0.5) is 0 Å². The molecule has 0 saturated carbocycles. The van der Waals surface area contributed by atoms with Crippen LogP contribution in [0.5, 0.6) is 17.2 Å². The Morgan fingerprint density at radius 1 is 1.04 bits per heavy atom. The van der Waals surface area contributed by atoms with Crippen LogP contribution in [0, 0.1) is 13.8 Å². The average Bonchev–Trinajstić information content (AvgIpc) is 3.19. The molecule has 1 aliphatic rings. The Kier molecular flexibility index (Phi) is 6.45. The fourth-order valence-electron chi connectivity index (χ4n) is 3.83. The molecule has 1 heterocycles. The van der Waals surface area contributed by atoms with E-state index in [-0.39, 0.29) is 11.9 Å². The van der Waals surface area contributed by atoms with Gasteiger partial charge in [-0.25, -0.2) is 0 Å². The molecule has 0 radical (unpaired) electrons. The SMILES string of the molecule is COc1ccc(C2CCCN2C(=O)CCOc2ccc(C)cc2C)cc1OC. The van der Waals surface area contributed by atoms with E-state index >= 15 is 0 Å². The number of likely N-dealkylation sites (tertiary alicyclic amines) is 1. The molecule has 1 amide bonds. The topological polar surface area (TPSA) is 48.0 Å². The first kappa shape index (κ1) is 20.1. The number of hydrogen-bond donors (Lipinski definition) is 0. The minimum atomic E-state index is 0.0772. The third-order valence-corrected chi connectivity index (χ3v) is 5.27. The molecule has 2 aromatic carbocycles. The summed E-state index contributed by atoms with van der Waals surface area (Å²) in [5.41, 5.74) is 3.38. The zero-order chi connectivity index (χ0) is 20.1. The van der Waals surface area contributed by atoms with Crippen molar-refractivity contribution in [1.29, 1.82) is 0 Å². The van der Waals surface area contributed by atoms with Crippen molar-refractivity contribution in [1.82, 2.24) is 4.90 Å². The number of aryl methyl sites for hydroxylation is 2. The van der Waals surface area contributed by atoms with Crippen molar-refractivity contribution in [3.63, 3.8) is 0 Å². The van der Waals surface area contributed by atoms with Crippen LogP contribution in [0.25, 0.3) is 0 Å². The fourth-order valence-corrected chi connectivity index (χ4v) is 3.83. The maximum Gasteiger partial charge on any atom is 0.226 e. The maximum absolute atomic E-state index is 12.8. The van der Waals surface area contributed by atoms with Gasteiger partial charge in [0.05, 0.1) is 33.3 Å². The highest BCUT2D eigenvalue weighted by molar-refractivity contribution is 5.77. The molecule has 0 aromatic heterocycles. The zero-order valence-electron chi connectivity index (χ0n) is 17.2. The fraction of sp³-hybridized carbons (Fsp3) is 0.435. The van der Waals surface area contributed by atoms with Crippen LogP contribution in [-0.2, 0) is 4.79 Å². The van der Waals surface area contributed by atoms with Gasteiger partial charge >= 0.3 is 0 Å². The smallest absolute Gasteiger partial charge is 0.226 e. The summed E-state index contributed by atoms with van der Waals surface area (Å²) < 4.78 is 16.6. The summed E-state index contributed by atoms with van der Waals surface area (Å²) >= 11 is 0. The van der Waals surface area contributed by atoms with E-state index < -0.39 is 0 Å². The normalized spacial score (nSPS) is 16.1. The number of carbonyl (C=O) groups excluding carboxylic acids is 1. The van der Waals surface area contributed by atoms with Crippen LogP contribution in [0.1, 0.15) is 42.0 Å². The highest BCUT2D eigenvalue weighted by Crippen LogP contribution is 2.37. The number of amides is 1. The molecular weight excluding hydrogens is 354 g/mol. The third-order valence-electron chi connectivity index (χ3n) is 5.27. The molecular formula is C23H29NO4. The van der Waals surface area contributed by atoms with Crippen LogP contribution in [0.15, 0.2) is 36.4 Å². The monoisotopic (exact) mass is 383 g/mol. The van der Waals surface area contributed by atoms with Gasteiger partial charge < -0.3 is 19.1 Å². The highest BCUT2D eigenvalue weighted by atomic mass is 16.5. The zero-order valence-corrected chi connectivity index (χ0v) is 17.2. The number of nitrogens with zero attached hydrogens (tertiary/aromatic N) is 1. The molecule has 150 valence electrons. The minimum Gasteiger partial charge on any atom is -0.493 e. The van der Waals surface area contributed by atoms with Crippen LogP contribution in [0.2, 0.25) is 0 Å². The molecule has 1 unspecified atom stereocenters. The second-order valence-corrected chi connectivity index (χ2v) is 7.23. The number of hydrogen-bond acceptors (Lipinski definition) is 4. The van der Waals surface area contributed by atoms with E-state index in [1.165, 1.54) is 5.56 Å². The summed E-state index contributed by atoms with van der Waals surface area (Å²) in [7, 11) is 3.25. The van der Waals surface area contributed by atoms with Gasteiger partial charge in [-0.2, -0.15) is 0 Å². The van der Waals surface area contributed by atoms with Gasteiger partial charge in [0.2, 0.25) is 5.91 Å². The van der Waals surface area contributed by atoms with E-state index in [1.807, 2.05) is 42.2 Å². The molecule has 0 bridgehead atoms. The van der Waals surface area contributed by atoms with Crippen molar-refractivity contribution < 1.29 is 19.0 Å². The lowest BCUT2D eigenvalue weighted by Crippen LogP contribution is -2.31. The Hall–Kier alpha value is -2.69. The molecule has 3 rings (SSSR count). The van der Waals surface area contributed by atoms with Crippen LogP contribution >= 0.6 is 0 Å². The Morgan fingerprint density at radius 3 is 2.50 bits per heavy atom. The van der Waals surface area contributed by atoms with Crippen molar-refractivity contribution in [3.05, 3.63) is 53.1 Å². The predicted molar refractivity (Wildman–Crippen MR) is 109 cm³/mol. The number of ether oxygens (including phenoxy) is 3. The van der Waals surface area contributed by atoms with E-state index in [1.54, 1.807) is 14.2 Å². The molecule has 0 N–H and O–H groups in total. The molecule has 1 aliphatic heterocycles. The van der Waals surface area contributed by atoms with E-state index in [9.17, 15) is 4.79 Å². The van der Waals surface area contributed by atoms with E-state index in [4.69, 9.17) is 14.2 Å². The first-order chi connectivity index (χ1) is 13.5. The summed E-state index contributed by atoms with van der Waals surface area (Å²) in [6, 6.07) is 12.1. The average molecular weight is 383 g/mol. The second kappa shape index (κ2) is 9.00. The minimum absolute atomic E-state index is 0.0772. The molecule has 0 aliphatic carbocycles. The molecule has 2 aromatic rings. The van der Waals surface area contributed by atoms with Gasteiger partial charge in [0.25, 0.3) is 0 Å². The summed E-state index contributed by atoms with van der Waals surface area (Å²) in [6.45, 7) is 5.25. The molecule has 5 heteroatoms. The molecule has 1 fully saturated rings. The van der Waals surface area contributed by atoms with Crippen LogP contribution in [-0.4, -0.2) is 38.2 Å². The lowest BCUT2D eigenvalue weighted by Gasteiger charge is -2.26. The van der Waals surface area contributed by atoms with E-state index in [2.05, 4.69) is 13.0 Å². The first-order valence-corrected chi connectivity index (χ1v) is 9.75. The Bertz CT molecular complexity index is 833. The van der Waals surface area contributed by atoms with Gasteiger partial charge in [0, 0.05) is 6.54 Å². The molecule has 28 heavy (non-hydrogen) atoms. The second-order valence-electron chi connectivity index (χ2n) is 7.23. The van der Waals surface area contributed by atoms with Gasteiger partial charge in [-0.3, -0.25) is 4.79 Å². The maximum atomic E-state index is 12.8. The molecule has 5 nitrogen and oxygen atoms in total. The number of rotatable bonds is 7. The van der Waals surface area contributed by atoms with Crippen molar-refractivity contribution in [2.24, 2.45) is 0 Å². The quantitative estimate of drug-likeness (QED) is 0.709. The molecule has 1 atom stereocenters. The Morgan fingerprint density at radius 2 is 1.79 bits per heavy atom. The Balaban J connectivity index is 1.63. The highest BCUT2D eigenvalue weighted by Gasteiger charge is 2.30. The summed E-state index contributed by atoms with van der Waals surface area (Å²) in [5.74, 6) is 2.36. The lowest BCUT2D eigenvalue weighted by atomic mass is 10.0. The molecule has 1 saturated heterocycles. The van der Waals surface area contributed by atoms with Gasteiger partial charge in [-0.05, 0) is 56.0 Å². The standard InChI is InChI=1S/C23H29NO4/c1-16-7-9-20(17(2)14-16)28-13-11-23(25)24-12-5-6-19(24)18-8-10-21(26-3)22(15-18)27-4/h7-10,14-15,19H,5-6,11-13H2,1-4H3. The predicted octanol–water partition coefficient (Wildman–Crippen LogP) is 4.45. The van der Waals surface area contributed by atoms with Crippen LogP contribution in [0.3, 0.4) is 0 Å². The lowest BCUT2D eigenvalue weighted by molar-refractivity contribution is -0.132. The Labute approximate surface area is 167 Å². The summed E-state index contributed by atoms with van der Waals surface area (Å²) in [5, 5.41) is 0. The van der Waals surface area contributed by atoms with Gasteiger partial charge in [0.15, 0.2) is 11.5 Å². The first-order valence-electron chi connectivity index (χ1n) is 9.75. The number of benzene rings is 2. The number of methoxy groups -OCH3 is 2. The van der Waals surface area contributed by atoms with Crippen molar-refractivity contribution in [2.45, 2.75) is 39.2 Å². The van der Waals surface area contributed by atoms with Gasteiger partial charge in [-0.15, -0.1) is 0 Å².